The highest BCUT2D eigenvalue weighted by atomic mass is 35.5. The second-order valence-corrected chi connectivity index (χ2v) is 7.48. The summed E-state index contributed by atoms with van der Waals surface area (Å²) in [6, 6.07) is 16.6. The van der Waals surface area contributed by atoms with Gasteiger partial charge in [-0.3, -0.25) is 9.59 Å². The lowest BCUT2D eigenvalue weighted by atomic mass is 10.1. The molecule has 0 aliphatic carbocycles. The molecular weight excluding hydrogens is 402 g/mol. The number of anilines is 2. The highest BCUT2D eigenvalue weighted by Gasteiger charge is 2.26. The third kappa shape index (κ3) is 4.41. The van der Waals surface area contributed by atoms with Crippen molar-refractivity contribution in [1.29, 1.82) is 0 Å². The molecule has 0 unspecified atom stereocenters. The molecule has 4 rings (SSSR count). The maximum Gasteiger partial charge on any atom is 0.273 e. The topological polar surface area (TPSA) is 79.6 Å². The summed E-state index contributed by atoms with van der Waals surface area (Å²) in [5.41, 5.74) is 2.97. The van der Waals surface area contributed by atoms with Crippen LogP contribution in [-0.2, 0) is 16.1 Å². The van der Waals surface area contributed by atoms with Gasteiger partial charge in [-0.25, -0.2) is 9.69 Å². The van der Waals surface area contributed by atoms with Crippen molar-refractivity contribution in [2.24, 2.45) is 5.10 Å². The number of hydrazone groups is 1. The van der Waals surface area contributed by atoms with Gasteiger partial charge in [-0.1, -0.05) is 35.9 Å². The Morgan fingerprint density at radius 2 is 1.93 bits per heavy atom. The molecule has 7 nitrogen and oxygen atoms in total. The standard InChI is InChI=1S/C22H20ClN5O2/c1-15-3-2-4-18(13-15)28-21(29)10-9-19(26-28)22(30)25-20-11-12-24-27(20)14-16-5-7-17(23)8-6-16/h2-8,11-13H,9-10,14H2,1H3,(H,25,30). The predicted molar refractivity (Wildman–Crippen MR) is 117 cm³/mol. The largest absolute Gasteiger partial charge is 0.306 e. The van der Waals surface area contributed by atoms with Gasteiger partial charge in [0.15, 0.2) is 0 Å². The number of rotatable bonds is 5. The van der Waals surface area contributed by atoms with E-state index in [9.17, 15) is 9.59 Å². The van der Waals surface area contributed by atoms with Crippen LogP contribution in [0.15, 0.2) is 65.9 Å². The zero-order valence-corrected chi connectivity index (χ0v) is 17.1. The molecular formula is C22H20ClN5O2. The Hall–Kier alpha value is -3.45. The number of aryl methyl sites for hydroxylation is 1. The SMILES string of the molecule is Cc1cccc(N2N=C(C(=O)Nc3ccnn3Cc3ccc(Cl)cc3)CCC2=O)c1. The summed E-state index contributed by atoms with van der Waals surface area (Å²) in [5.74, 6) is 0.0691. The smallest absolute Gasteiger partial charge is 0.273 e. The van der Waals surface area contributed by atoms with Gasteiger partial charge < -0.3 is 5.32 Å². The number of carbonyl (C=O) groups excluding carboxylic acids is 2. The van der Waals surface area contributed by atoms with E-state index in [1.807, 2.05) is 49.4 Å². The molecule has 0 bridgehead atoms. The highest BCUT2D eigenvalue weighted by Crippen LogP contribution is 2.22. The van der Waals surface area contributed by atoms with Gasteiger partial charge in [-0.2, -0.15) is 10.2 Å². The number of aromatic nitrogens is 2. The lowest BCUT2D eigenvalue weighted by Crippen LogP contribution is -2.36. The molecule has 30 heavy (non-hydrogen) atoms. The van der Waals surface area contributed by atoms with E-state index in [1.165, 1.54) is 5.01 Å². The molecule has 1 aliphatic rings. The quantitative estimate of drug-likeness (QED) is 0.675. The molecule has 0 atom stereocenters. The molecule has 2 aromatic carbocycles. The van der Waals surface area contributed by atoms with Crippen LogP contribution in [0.3, 0.4) is 0 Å². The van der Waals surface area contributed by atoms with Crippen LogP contribution in [0.2, 0.25) is 5.02 Å². The molecule has 3 aromatic rings. The van der Waals surface area contributed by atoms with Crippen molar-refractivity contribution >= 4 is 40.6 Å². The number of hydrogen-bond donors (Lipinski definition) is 1. The molecule has 0 fully saturated rings. The van der Waals surface area contributed by atoms with Gasteiger partial charge in [0.1, 0.15) is 11.5 Å². The summed E-state index contributed by atoms with van der Waals surface area (Å²) in [4.78, 5) is 25.2. The van der Waals surface area contributed by atoms with Gasteiger partial charge in [0.05, 0.1) is 18.4 Å². The zero-order chi connectivity index (χ0) is 21.1. The zero-order valence-electron chi connectivity index (χ0n) is 16.4. The van der Waals surface area contributed by atoms with Crippen LogP contribution in [0, 0.1) is 6.92 Å². The fourth-order valence-electron chi connectivity index (χ4n) is 3.19. The van der Waals surface area contributed by atoms with E-state index >= 15 is 0 Å². The Bertz CT molecular complexity index is 1120. The van der Waals surface area contributed by atoms with Gasteiger partial charge in [0.25, 0.3) is 5.91 Å². The first kappa shape index (κ1) is 19.8. The number of halogens is 1. The van der Waals surface area contributed by atoms with Gasteiger partial charge in [-0.15, -0.1) is 0 Å². The Morgan fingerprint density at radius 3 is 2.70 bits per heavy atom. The van der Waals surface area contributed by atoms with Crippen LogP contribution in [0.1, 0.15) is 24.0 Å². The first-order valence-electron chi connectivity index (χ1n) is 9.54. The molecule has 8 heteroatoms. The van der Waals surface area contributed by atoms with Crippen molar-refractivity contribution < 1.29 is 9.59 Å². The van der Waals surface area contributed by atoms with E-state index < -0.39 is 0 Å². The first-order chi connectivity index (χ1) is 14.5. The molecule has 1 aromatic heterocycles. The summed E-state index contributed by atoms with van der Waals surface area (Å²) in [7, 11) is 0. The number of nitrogens with zero attached hydrogens (tertiary/aromatic N) is 4. The van der Waals surface area contributed by atoms with Crippen molar-refractivity contribution in [2.75, 3.05) is 10.3 Å². The summed E-state index contributed by atoms with van der Waals surface area (Å²) >= 11 is 5.93. The molecule has 2 amide bonds. The van der Waals surface area contributed by atoms with E-state index in [1.54, 1.807) is 23.0 Å². The third-order valence-electron chi connectivity index (χ3n) is 4.74. The highest BCUT2D eigenvalue weighted by molar-refractivity contribution is 6.44. The van der Waals surface area contributed by atoms with Gasteiger partial charge in [-0.05, 0) is 42.3 Å². The Balaban J connectivity index is 1.51. The van der Waals surface area contributed by atoms with Gasteiger partial charge in [0, 0.05) is 23.9 Å². The summed E-state index contributed by atoms with van der Waals surface area (Å²) in [6.45, 7) is 2.43. The number of amides is 2. The first-order valence-corrected chi connectivity index (χ1v) is 9.92. The summed E-state index contributed by atoms with van der Waals surface area (Å²) in [6.07, 6.45) is 2.14. The van der Waals surface area contributed by atoms with Crippen LogP contribution in [0.5, 0.6) is 0 Å². The average Bonchev–Trinajstić information content (AvgIpc) is 3.16. The van der Waals surface area contributed by atoms with Gasteiger partial charge >= 0.3 is 0 Å². The van der Waals surface area contributed by atoms with Crippen molar-refractivity contribution in [3.05, 3.63) is 76.9 Å². The normalized spacial score (nSPS) is 13.9. The van der Waals surface area contributed by atoms with Crippen molar-refractivity contribution in [2.45, 2.75) is 26.3 Å². The second-order valence-electron chi connectivity index (χ2n) is 7.05. The maximum atomic E-state index is 12.8. The molecule has 0 radical (unpaired) electrons. The minimum Gasteiger partial charge on any atom is -0.306 e. The molecule has 2 heterocycles. The minimum absolute atomic E-state index is 0.134. The predicted octanol–water partition coefficient (Wildman–Crippen LogP) is 4.01. The fourth-order valence-corrected chi connectivity index (χ4v) is 3.32. The van der Waals surface area contributed by atoms with Crippen LogP contribution in [0.4, 0.5) is 11.5 Å². The lowest BCUT2D eigenvalue weighted by molar-refractivity contribution is -0.118. The van der Waals surface area contributed by atoms with Crippen molar-refractivity contribution in [3.8, 4) is 0 Å². The molecule has 0 spiro atoms. The molecule has 1 aliphatic heterocycles. The lowest BCUT2D eigenvalue weighted by Gasteiger charge is -2.23. The summed E-state index contributed by atoms with van der Waals surface area (Å²) in [5, 5.41) is 13.4. The van der Waals surface area contributed by atoms with Crippen LogP contribution in [0.25, 0.3) is 0 Å². The van der Waals surface area contributed by atoms with Crippen molar-refractivity contribution in [3.63, 3.8) is 0 Å². The summed E-state index contributed by atoms with van der Waals surface area (Å²) < 4.78 is 1.69. The molecule has 0 saturated carbocycles. The molecule has 152 valence electrons. The second kappa shape index (κ2) is 8.51. The van der Waals surface area contributed by atoms with E-state index in [4.69, 9.17) is 11.6 Å². The average molecular weight is 422 g/mol. The number of benzene rings is 2. The Morgan fingerprint density at radius 1 is 1.13 bits per heavy atom. The molecule has 1 N–H and O–H groups in total. The monoisotopic (exact) mass is 421 g/mol. The van der Waals surface area contributed by atoms with E-state index in [2.05, 4.69) is 15.5 Å². The fraction of sp³-hybridized carbons (Fsp3) is 0.182. The van der Waals surface area contributed by atoms with Crippen LogP contribution >= 0.6 is 11.6 Å². The van der Waals surface area contributed by atoms with Crippen LogP contribution in [-0.4, -0.2) is 27.3 Å². The van der Waals surface area contributed by atoms with Gasteiger partial charge in [0.2, 0.25) is 5.91 Å². The van der Waals surface area contributed by atoms with Crippen molar-refractivity contribution in [1.82, 2.24) is 9.78 Å². The van der Waals surface area contributed by atoms with Crippen LogP contribution < -0.4 is 10.3 Å². The van der Waals surface area contributed by atoms with E-state index in [-0.39, 0.29) is 24.7 Å². The third-order valence-corrected chi connectivity index (χ3v) is 5.00. The number of nitrogens with one attached hydrogen (secondary N) is 1. The Labute approximate surface area is 179 Å². The minimum atomic E-state index is -0.349. The van der Waals surface area contributed by atoms with E-state index in [0.29, 0.717) is 28.8 Å². The maximum absolute atomic E-state index is 12.8. The van der Waals surface area contributed by atoms with E-state index in [0.717, 1.165) is 11.1 Å². The number of hydrogen-bond acceptors (Lipinski definition) is 4. The Kier molecular flexibility index (Phi) is 5.63. The molecule has 0 saturated heterocycles. The number of carbonyl (C=O) groups is 2.